The molecule has 0 bridgehead atoms. The van der Waals surface area contributed by atoms with Gasteiger partial charge in [-0.1, -0.05) is 75.6 Å². The molecule has 0 saturated heterocycles. The van der Waals surface area contributed by atoms with Gasteiger partial charge in [0, 0.05) is 20.9 Å². The van der Waals surface area contributed by atoms with Crippen molar-refractivity contribution < 1.29 is 8.83 Å². The van der Waals surface area contributed by atoms with E-state index in [9.17, 15) is 9.59 Å². The van der Waals surface area contributed by atoms with Gasteiger partial charge in [-0.05, 0) is 71.5 Å². The fourth-order valence-electron chi connectivity index (χ4n) is 4.61. The van der Waals surface area contributed by atoms with E-state index in [2.05, 4.69) is 51.4 Å². The van der Waals surface area contributed by atoms with Crippen LogP contribution in [0.3, 0.4) is 0 Å². The molecule has 0 unspecified atom stereocenters. The molecule has 2 aromatic heterocycles. The van der Waals surface area contributed by atoms with Crippen LogP contribution in [0.25, 0.3) is 32.4 Å². The van der Waals surface area contributed by atoms with E-state index in [0.717, 1.165) is 41.8 Å². The SMILES string of the molecule is CC(C)c1cccc2oc(=O)c(C#Cc3ccc(-c4ccc(C#Cc5c6cc(C(C)C)cccc-6oc5=O)s4)s3)c-2c1. The first-order valence-electron chi connectivity index (χ1n) is 13.6. The quantitative estimate of drug-likeness (QED) is 0.195. The van der Waals surface area contributed by atoms with Crippen molar-refractivity contribution in [3.8, 4) is 56.1 Å². The van der Waals surface area contributed by atoms with E-state index in [1.54, 1.807) is 22.7 Å². The maximum Gasteiger partial charge on any atom is 0.352 e. The van der Waals surface area contributed by atoms with Crippen molar-refractivity contribution in [1.82, 2.24) is 0 Å². The number of hydrogen-bond acceptors (Lipinski definition) is 6. The minimum atomic E-state index is -0.419. The van der Waals surface area contributed by atoms with Gasteiger partial charge in [-0.2, -0.15) is 0 Å². The van der Waals surface area contributed by atoms with E-state index < -0.39 is 11.3 Å². The molecule has 2 aliphatic carbocycles. The molecule has 42 heavy (non-hydrogen) atoms. The highest BCUT2D eigenvalue weighted by atomic mass is 32.1. The molecule has 2 aromatic rings. The fraction of sp³-hybridized carbons (Fsp3) is 0.167. The van der Waals surface area contributed by atoms with E-state index in [1.807, 2.05) is 72.8 Å². The summed E-state index contributed by atoms with van der Waals surface area (Å²) in [5.74, 6) is 14.2. The highest BCUT2D eigenvalue weighted by Gasteiger charge is 2.18. The van der Waals surface area contributed by atoms with Crippen molar-refractivity contribution in [3.63, 3.8) is 0 Å². The molecule has 0 atom stereocenters. The zero-order valence-electron chi connectivity index (χ0n) is 23.5. The molecule has 0 amide bonds. The van der Waals surface area contributed by atoms with E-state index >= 15 is 0 Å². The second kappa shape index (κ2) is 11.3. The van der Waals surface area contributed by atoms with Crippen LogP contribution in [-0.4, -0.2) is 0 Å². The van der Waals surface area contributed by atoms with Crippen molar-refractivity contribution in [3.05, 3.63) is 126 Å². The third-order valence-electron chi connectivity index (χ3n) is 6.99. The summed E-state index contributed by atoms with van der Waals surface area (Å²) in [5, 5.41) is 0. The third-order valence-corrected chi connectivity index (χ3v) is 9.18. The van der Waals surface area contributed by atoms with Gasteiger partial charge < -0.3 is 8.83 Å². The second-order valence-corrected chi connectivity index (χ2v) is 12.7. The zero-order valence-corrected chi connectivity index (χ0v) is 25.2. The molecular weight excluding hydrogens is 561 g/mol. The lowest BCUT2D eigenvalue weighted by Crippen LogP contribution is -1.96. The third kappa shape index (κ3) is 5.48. The Morgan fingerprint density at radius 2 is 1.00 bits per heavy atom. The first kappa shape index (κ1) is 27.5. The Morgan fingerprint density at radius 1 is 0.571 bits per heavy atom. The van der Waals surface area contributed by atoms with Crippen LogP contribution in [0, 0.1) is 23.7 Å². The van der Waals surface area contributed by atoms with Gasteiger partial charge in [-0.3, -0.25) is 0 Å². The molecular formula is C36H26O4S2. The minimum Gasteiger partial charge on any atom is -0.422 e. The highest BCUT2D eigenvalue weighted by molar-refractivity contribution is 7.22. The van der Waals surface area contributed by atoms with Gasteiger partial charge in [0.2, 0.25) is 0 Å². The number of fused-ring (bicyclic) bond motifs is 2. The van der Waals surface area contributed by atoms with Gasteiger partial charge in [0.25, 0.3) is 0 Å². The molecule has 0 radical (unpaired) electrons. The van der Waals surface area contributed by atoms with Crippen LogP contribution in [0.15, 0.2) is 91.2 Å². The monoisotopic (exact) mass is 586 g/mol. The molecule has 0 fully saturated rings. The van der Waals surface area contributed by atoms with Gasteiger partial charge in [-0.25, -0.2) is 9.59 Å². The summed E-state index contributed by atoms with van der Waals surface area (Å²) in [6.07, 6.45) is 0. The molecule has 206 valence electrons. The van der Waals surface area contributed by atoms with Crippen LogP contribution in [0.4, 0.5) is 0 Å². The molecule has 6 rings (SSSR count). The van der Waals surface area contributed by atoms with Crippen molar-refractivity contribution >= 4 is 22.7 Å². The van der Waals surface area contributed by atoms with Crippen LogP contribution in [0.2, 0.25) is 0 Å². The summed E-state index contributed by atoms with van der Waals surface area (Å²) in [6, 6.07) is 23.4. The molecule has 0 N–H and O–H groups in total. The molecule has 0 aromatic carbocycles. The number of hydrogen-bond donors (Lipinski definition) is 0. The Labute approximate surface area is 252 Å². The molecule has 0 spiro atoms. The van der Waals surface area contributed by atoms with E-state index in [0.29, 0.717) is 34.5 Å². The molecule has 6 heteroatoms. The fourth-order valence-corrected chi connectivity index (χ4v) is 6.42. The number of rotatable bonds is 3. The summed E-state index contributed by atoms with van der Waals surface area (Å²) in [5.41, 5.74) is 3.63. The van der Waals surface area contributed by atoms with Crippen molar-refractivity contribution in [2.45, 2.75) is 39.5 Å². The molecule has 4 nitrogen and oxygen atoms in total. The standard InChI is InChI=1S/C36H26O4S2/c1-21(2)23-7-5-9-31-29(19-23)27(35(37)39-31)15-11-25-13-17-33(41-25)34-18-14-26(42-34)12-16-28-30-20-24(22(3)4)8-6-10-32(30)40-36(28)38/h5-10,13-14,17-22H,1-4H3. The van der Waals surface area contributed by atoms with Gasteiger partial charge in [0.05, 0.1) is 9.75 Å². The Kier molecular flexibility index (Phi) is 7.43. The zero-order chi connectivity index (χ0) is 29.4. The Hall–Kier alpha value is -4.62. The summed E-state index contributed by atoms with van der Waals surface area (Å²) >= 11 is 3.11. The number of furan rings is 2. The van der Waals surface area contributed by atoms with Gasteiger partial charge in [0.15, 0.2) is 0 Å². The Morgan fingerprint density at radius 3 is 1.40 bits per heavy atom. The normalized spacial score (nSPS) is 11.1. The number of thiophene rings is 2. The first-order valence-corrected chi connectivity index (χ1v) is 15.3. The lowest BCUT2D eigenvalue weighted by molar-refractivity contribution is 0.543. The van der Waals surface area contributed by atoms with E-state index in [-0.39, 0.29) is 0 Å². The summed E-state index contributed by atoms with van der Waals surface area (Å²) in [4.78, 5) is 28.9. The van der Waals surface area contributed by atoms with Crippen LogP contribution in [0.5, 0.6) is 0 Å². The van der Waals surface area contributed by atoms with E-state index in [1.165, 1.54) is 0 Å². The Balaban J connectivity index is 1.27. The molecule has 2 aliphatic heterocycles. The van der Waals surface area contributed by atoms with Gasteiger partial charge >= 0.3 is 11.3 Å². The van der Waals surface area contributed by atoms with Crippen LogP contribution >= 0.6 is 22.7 Å². The minimum absolute atomic E-state index is 0.314. The topological polar surface area (TPSA) is 60.4 Å². The molecule has 0 saturated carbocycles. The van der Waals surface area contributed by atoms with Crippen LogP contribution in [0.1, 0.15) is 71.5 Å². The summed E-state index contributed by atoms with van der Waals surface area (Å²) < 4.78 is 10.9. The first-order chi connectivity index (χ1) is 20.3. The summed E-state index contributed by atoms with van der Waals surface area (Å²) in [6.45, 7) is 8.45. The summed E-state index contributed by atoms with van der Waals surface area (Å²) in [7, 11) is 0. The van der Waals surface area contributed by atoms with Crippen LogP contribution in [-0.2, 0) is 0 Å². The van der Waals surface area contributed by atoms with Crippen molar-refractivity contribution in [2.24, 2.45) is 0 Å². The van der Waals surface area contributed by atoms with Crippen LogP contribution < -0.4 is 11.3 Å². The predicted octanol–water partition coefficient (Wildman–Crippen LogP) is 8.64. The smallest absolute Gasteiger partial charge is 0.352 e. The Bertz CT molecular complexity index is 1960. The maximum atomic E-state index is 12.6. The maximum absolute atomic E-state index is 12.6. The second-order valence-electron chi connectivity index (χ2n) is 10.6. The average molecular weight is 587 g/mol. The molecule has 4 heterocycles. The van der Waals surface area contributed by atoms with Crippen molar-refractivity contribution in [1.29, 1.82) is 0 Å². The lowest BCUT2D eigenvalue weighted by atomic mass is 10.0. The molecule has 4 aliphatic rings. The van der Waals surface area contributed by atoms with E-state index in [4.69, 9.17) is 8.83 Å². The highest BCUT2D eigenvalue weighted by Crippen LogP contribution is 2.34. The largest absolute Gasteiger partial charge is 0.422 e. The predicted molar refractivity (Wildman–Crippen MR) is 171 cm³/mol. The average Bonchev–Trinajstić information content (AvgIpc) is 3.67. The van der Waals surface area contributed by atoms with Crippen molar-refractivity contribution in [2.75, 3.05) is 0 Å². The van der Waals surface area contributed by atoms with Gasteiger partial charge in [-0.15, -0.1) is 22.7 Å². The van der Waals surface area contributed by atoms with Gasteiger partial charge in [0.1, 0.15) is 22.6 Å². The lowest BCUT2D eigenvalue weighted by Gasteiger charge is -2.01.